The Labute approximate surface area is 105 Å². The van der Waals surface area contributed by atoms with Crippen LogP contribution < -0.4 is 4.74 Å². The van der Waals surface area contributed by atoms with Crippen LogP contribution in [0.1, 0.15) is 15.9 Å². The number of aromatic nitrogens is 2. The lowest BCUT2D eigenvalue weighted by Gasteiger charge is -2.10. The van der Waals surface area contributed by atoms with Gasteiger partial charge >= 0.3 is 5.97 Å². The van der Waals surface area contributed by atoms with Gasteiger partial charge in [0.15, 0.2) is 0 Å². The van der Waals surface area contributed by atoms with Crippen LogP contribution >= 0.6 is 0 Å². The highest BCUT2D eigenvalue weighted by Gasteiger charge is 2.10. The van der Waals surface area contributed by atoms with Gasteiger partial charge in [-0.2, -0.15) is 5.10 Å². The summed E-state index contributed by atoms with van der Waals surface area (Å²) in [5.41, 5.74) is 0.914. The number of carboxylic acid groups (broad SMARTS) is 1. The maximum absolute atomic E-state index is 11.0. The molecular formula is C13H14N2O3. The molecule has 0 aliphatic carbocycles. The van der Waals surface area contributed by atoms with E-state index in [1.165, 1.54) is 0 Å². The Hall–Kier alpha value is -2.30. The number of aromatic carboxylic acids is 1. The van der Waals surface area contributed by atoms with Crippen molar-refractivity contribution in [3.05, 3.63) is 47.8 Å². The van der Waals surface area contributed by atoms with Crippen molar-refractivity contribution >= 4 is 5.97 Å². The quantitative estimate of drug-likeness (QED) is 0.876. The molecule has 5 nitrogen and oxygen atoms in total. The fourth-order valence-corrected chi connectivity index (χ4v) is 1.68. The molecule has 2 aromatic rings. The zero-order chi connectivity index (χ0) is 13.0. The number of benzene rings is 1. The third kappa shape index (κ3) is 2.68. The van der Waals surface area contributed by atoms with E-state index in [0.717, 1.165) is 0 Å². The smallest absolute Gasteiger partial charge is 0.336 e. The van der Waals surface area contributed by atoms with Crippen LogP contribution in [0.5, 0.6) is 5.75 Å². The molecule has 18 heavy (non-hydrogen) atoms. The molecule has 0 unspecified atom stereocenters. The minimum absolute atomic E-state index is 0.270. The number of ether oxygens (including phenoxy) is 1. The van der Waals surface area contributed by atoms with Gasteiger partial charge in [0.25, 0.3) is 0 Å². The van der Waals surface area contributed by atoms with Gasteiger partial charge in [-0.05, 0) is 25.1 Å². The van der Waals surface area contributed by atoms with Gasteiger partial charge in [0.1, 0.15) is 12.4 Å². The minimum Gasteiger partial charge on any atom is -0.491 e. The lowest BCUT2D eigenvalue weighted by Crippen LogP contribution is -2.10. The van der Waals surface area contributed by atoms with E-state index in [9.17, 15) is 4.79 Å². The fourth-order valence-electron chi connectivity index (χ4n) is 1.68. The largest absolute Gasteiger partial charge is 0.491 e. The van der Waals surface area contributed by atoms with Crippen molar-refractivity contribution in [3.63, 3.8) is 0 Å². The van der Waals surface area contributed by atoms with Crippen molar-refractivity contribution in [1.29, 1.82) is 0 Å². The molecule has 0 saturated heterocycles. The van der Waals surface area contributed by atoms with Crippen LogP contribution in [0.2, 0.25) is 0 Å². The Balaban J connectivity index is 2.01. The molecule has 0 aliphatic heterocycles. The SMILES string of the molecule is Cc1c(OCCn2cccn2)cccc1C(=O)O. The second kappa shape index (κ2) is 5.35. The molecule has 0 saturated carbocycles. The summed E-state index contributed by atoms with van der Waals surface area (Å²) < 4.78 is 7.34. The molecule has 0 fully saturated rings. The maximum Gasteiger partial charge on any atom is 0.336 e. The summed E-state index contributed by atoms with van der Waals surface area (Å²) in [5, 5.41) is 13.1. The van der Waals surface area contributed by atoms with Gasteiger partial charge in [-0.25, -0.2) is 4.79 Å². The Morgan fingerprint density at radius 3 is 2.94 bits per heavy atom. The Bertz CT molecular complexity index is 535. The number of rotatable bonds is 5. The molecule has 1 N–H and O–H groups in total. The Morgan fingerprint density at radius 2 is 2.28 bits per heavy atom. The van der Waals surface area contributed by atoms with Crippen LogP contribution in [0.3, 0.4) is 0 Å². The van der Waals surface area contributed by atoms with Crippen molar-refractivity contribution < 1.29 is 14.6 Å². The Morgan fingerprint density at radius 1 is 1.44 bits per heavy atom. The van der Waals surface area contributed by atoms with E-state index < -0.39 is 5.97 Å². The van der Waals surface area contributed by atoms with Crippen molar-refractivity contribution in [3.8, 4) is 5.75 Å². The third-order valence-electron chi connectivity index (χ3n) is 2.65. The van der Waals surface area contributed by atoms with Crippen molar-refractivity contribution in [2.45, 2.75) is 13.5 Å². The standard InChI is InChI=1S/C13H14N2O3/c1-10-11(13(16)17)4-2-5-12(10)18-9-8-15-7-3-6-14-15/h2-7H,8-9H2,1H3,(H,16,17). The number of hydrogen-bond donors (Lipinski definition) is 1. The zero-order valence-corrected chi connectivity index (χ0v) is 10.0. The van der Waals surface area contributed by atoms with E-state index in [4.69, 9.17) is 9.84 Å². The van der Waals surface area contributed by atoms with E-state index in [2.05, 4.69) is 5.10 Å². The average Bonchev–Trinajstić information content (AvgIpc) is 2.84. The van der Waals surface area contributed by atoms with E-state index >= 15 is 0 Å². The molecule has 0 spiro atoms. The highest BCUT2D eigenvalue weighted by Crippen LogP contribution is 2.21. The minimum atomic E-state index is -0.940. The van der Waals surface area contributed by atoms with Crippen molar-refractivity contribution in [2.75, 3.05) is 6.61 Å². The molecule has 0 radical (unpaired) electrons. The summed E-state index contributed by atoms with van der Waals surface area (Å²) in [5.74, 6) is -0.341. The first kappa shape index (κ1) is 12.2. The van der Waals surface area contributed by atoms with Crippen LogP contribution in [-0.2, 0) is 6.54 Å². The molecule has 0 bridgehead atoms. The normalized spacial score (nSPS) is 10.3. The first-order chi connectivity index (χ1) is 8.68. The monoisotopic (exact) mass is 246 g/mol. The predicted molar refractivity (Wildman–Crippen MR) is 65.9 cm³/mol. The first-order valence-electron chi connectivity index (χ1n) is 5.61. The summed E-state index contributed by atoms with van der Waals surface area (Å²) in [6, 6.07) is 6.86. The molecule has 94 valence electrons. The van der Waals surface area contributed by atoms with Gasteiger partial charge in [0.2, 0.25) is 0 Å². The van der Waals surface area contributed by atoms with Crippen LogP contribution in [0, 0.1) is 6.92 Å². The highest BCUT2D eigenvalue weighted by atomic mass is 16.5. The second-order valence-corrected chi connectivity index (χ2v) is 3.85. The van der Waals surface area contributed by atoms with Gasteiger partial charge in [0.05, 0.1) is 12.1 Å². The van der Waals surface area contributed by atoms with Crippen LogP contribution in [-0.4, -0.2) is 27.5 Å². The summed E-state index contributed by atoms with van der Waals surface area (Å²) in [6.45, 7) is 2.82. The topological polar surface area (TPSA) is 64.4 Å². The molecule has 1 aromatic heterocycles. The Kier molecular flexibility index (Phi) is 3.62. The lowest BCUT2D eigenvalue weighted by atomic mass is 10.1. The third-order valence-corrected chi connectivity index (χ3v) is 2.65. The fraction of sp³-hybridized carbons (Fsp3) is 0.231. The molecule has 5 heteroatoms. The van der Waals surface area contributed by atoms with Gasteiger partial charge in [-0.3, -0.25) is 4.68 Å². The molecule has 0 atom stereocenters. The highest BCUT2D eigenvalue weighted by molar-refractivity contribution is 5.90. The molecule has 0 aliphatic rings. The van der Waals surface area contributed by atoms with E-state index in [0.29, 0.717) is 24.5 Å². The zero-order valence-electron chi connectivity index (χ0n) is 10.0. The number of carboxylic acids is 1. The van der Waals surface area contributed by atoms with Crippen LogP contribution in [0.4, 0.5) is 0 Å². The number of carbonyl (C=O) groups is 1. The molecular weight excluding hydrogens is 232 g/mol. The van der Waals surface area contributed by atoms with Gasteiger partial charge < -0.3 is 9.84 Å². The van der Waals surface area contributed by atoms with Gasteiger partial charge in [-0.15, -0.1) is 0 Å². The summed E-state index contributed by atoms with van der Waals surface area (Å²) in [6.07, 6.45) is 3.56. The van der Waals surface area contributed by atoms with E-state index in [1.807, 2.05) is 12.3 Å². The van der Waals surface area contributed by atoms with Gasteiger partial charge in [-0.1, -0.05) is 6.07 Å². The van der Waals surface area contributed by atoms with Crippen LogP contribution in [0.15, 0.2) is 36.7 Å². The lowest BCUT2D eigenvalue weighted by molar-refractivity contribution is 0.0695. The predicted octanol–water partition coefficient (Wildman–Crippen LogP) is 1.97. The first-order valence-corrected chi connectivity index (χ1v) is 5.61. The van der Waals surface area contributed by atoms with E-state index in [1.54, 1.807) is 36.0 Å². The summed E-state index contributed by atoms with van der Waals surface area (Å²) in [4.78, 5) is 11.0. The molecule has 2 rings (SSSR count). The summed E-state index contributed by atoms with van der Waals surface area (Å²) >= 11 is 0. The number of hydrogen-bond acceptors (Lipinski definition) is 3. The summed E-state index contributed by atoms with van der Waals surface area (Å²) in [7, 11) is 0. The molecule has 0 amide bonds. The second-order valence-electron chi connectivity index (χ2n) is 3.85. The average molecular weight is 246 g/mol. The van der Waals surface area contributed by atoms with Gasteiger partial charge in [0, 0.05) is 18.0 Å². The molecule has 1 aromatic carbocycles. The number of nitrogens with zero attached hydrogens (tertiary/aromatic N) is 2. The molecule has 1 heterocycles. The van der Waals surface area contributed by atoms with Crippen molar-refractivity contribution in [1.82, 2.24) is 9.78 Å². The van der Waals surface area contributed by atoms with Crippen LogP contribution in [0.25, 0.3) is 0 Å². The maximum atomic E-state index is 11.0. The van der Waals surface area contributed by atoms with E-state index in [-0.39, 0.29) is 5.56 Å². The van der Waals surface area contributed by atoms with Crippen molar-refractivity contribution in [2.24, 2.45) is 0 Å².